The van der Waals surface area contributed by atoms with Crippen LogP contribution < -0.4 is 0 Å². The summed E-state index contributed by atoms with van der Waals surface area (Å²) in [7, 11) is -1.14. The lowest BCUT2D eigenvalue weighted by Gasteiger charge is -2.39. The monoisotopic (exact) mass is 542 g/mol. The summed E-state index contributed by atoms with van der Waals surface area (Å²) in [4.78, 5) is 11.9. The Morgan fingerprint density at radius 2 is 1.80 bits per heavy atom. The van der Waals surface area contributed by atoms with E-state index in [0.29, 0.717) is 11.8 Å². The van der Waals surface area contributed by atoms with Crippen LogP contribution in [0.3, 0.4) is 0 Å². The van der Waals surface area contributed by atoms with E-state index in [-0.39, 0.29) is 12.2 Å². The topological polar surface area (TPSA) is 78.9 Å². The highest BCUT2D eigenvalue weighted by Crippen LogP contribution is 2.37. The van der Waals surface area contributed by atoms with Crippen molar-refractivity contribution in [2.24, 2.45) is 0 Å². The molecule has 1 aliphatic heterocycles. The number of rotatable bonds is 4. The SMILES string of the molecule is CO[C@@H]1C(C=O)=C(S(=O)(=O)C(C)(C)C)OC[C@]1(C#Cc1ccccc1C#CI)OC. The molecule has 0 amide bonds. The molecule has 0 bridgehead atoms. The summed E-state index contributed by atoms with van der Waals surface area (Å²) < 4.78 is 44.3. The van der Waals surface area contributed by atoms with Crippen LogP contribution in [0.25, 0.3) is 0 Å². The van der Waals surface area contributed by atoms with E-state index in [2.05, 4.69) is 21.7 Å². The first-order valence-corrected chi connectivity index (χ1v) is 11.5. The van der Waals surface area contributed by atoms with Crippen molar-refractivity contribution in [2.45, 2.75) is 37.2 Å². The first-order chi connectivity index (χ1) is 14.1. The van der Waals surface area contributed by atoms with E-state index in [4.69, 9.17) is 14.2 Å². The summed E-state index contributed by atoms with van der Waals surface area (Å²) in [5, 5.41) is -0.400. The van der Waals surface area contributed by atoms with Gasteiger partial charge in [-0.1, -0.05) is 29.9 Å². The Balaban J connectivity index is 2.65. The number of carbonyl (C=O) groups excluding carboxylic acids is 1. The summed E-state index contributed by atoms with van der Waals surface area (Å²) in [5.74, 6) is 8.99. The molecule has 0 fully saturated rings. The number of carbonyl (C=O) groups is 1. The lowest BCUT2D eigenvalue weighted by molar-refractivity contribution is -0.121. The van der Waals surface area contributed by atoms with E-state index in [1.165, 1.54) is 35.0 Å². The van der Waals surface area contributed by atoms with Gasteiger partial charge in [0.15, 0.2) is 11.9 Å². The highest BCUT2D eigenvalue weighted by atomic mass is 127. The summed E-state index contributed by atoms with van der Waals surface area (Å²) >= 11 is 1.95. The van der Waals surface area contributed by atoms with Crippen molar-refractivity contribution in [2.75, 3.05) is 20.8 Å². The number of benzene rings is 1. The third-order valence-electron chi connectivity index (χ3n) is 4.65. The van der Waals surface area contributed by atoms with Crippen molar-refractivity contribution in [1.82, 2.24) is 0 Å². The lowest BCUT2D eigenvalue weighted by atomic mass is 9.90. The maximum Gasteiger partial charge on any atom is 0.221 e. The number of sulfone groups is 1. The van der Waals surface area contributed by atoms with Gasteiger partial charge in [0.25, 0.3) is 0 Å². The van der Waals surface area contributed by atoms with Crippen LogP contribution in [0.5, 0.6) is 0 Å². The molecule has 0 unspecified atom stereocenters. The minimum absolute atomic E-state index is 0.157. The summed E-state index contributed by atoms with van der Waals surface area (Å²) in [6.45, 7) is 4.38. The van der Waals surface area contributed by atoms with Gasteiger partial charge in [-0.25, -0.2) is 8.42 Å². The van der Waals surface area contributed by atoms with Gasteiger partial charge in [0.2, 0.25) is 14.9 Å². The van der Waals surface area contributed by atoms with Crippen LogP contribution in [0.2, 0.25) is 0 Å². The van der Waals surface area contributed by atoms with Crippen LogP contribution in [0.1, 0.15) is 31.9 Å². The molecule has 1 aliphatic rings. The van der Waals surface area contributed by atoms with E-state index in [9.17, 15) is 13.2 Å². The predicted molar refractivity (Wildman–Crippen MR) is 122 cm³/mol. The minimum atomic E-state index is -3.92. The molecule has 2 atom stereocenters. The Labute approximate surface area is 191 Å². The summed E-state index contributed by atoms with van der Waals surface area (Å²) in [6, 6.07) is 7.33. The Kier molecular flexibility index (Phi) is 7.75. The van der Waals surface area contributed by atoms with Gasteiger partial charge < -0.3 is 14.2 Å². The molecule has 0 radical (unpaired) electrons. The molecule has 0 saturated carbocycles. The van der Waals surface area contributed by atoms with Gasteiger partial charge in [0, 0.05) is 47.9 Å². The maximum absolute atomic E-state index is 12.9. The van der Waals surface area contributed by atoms with Crippen molar-refractivity contribution < 1.29 is 27.4 Å². The summed E-state index contributed by atoms with van der Waals surface area (Å²) in [5.41, 5.74) is -0.140. The zero-order valence-corrected chi connectivity index (χ0v) is 20.4. The molecule has 0 N–H and O–H groups in total. The Hall–Kier alpha value is -1.85. The largest absolute Gasteiger partial charge is 0.478 e. The van der Waals surface area contributed by atoms with Gasteiger partial charge in [-0.05, 0) is 36.8 Å². The number of halogens is 1. The van der Waals surface area contributed by atoms with Crippen LogP contribution in [0, 0.1) is 21.7 Å². The molecular weight excluding hydrogens is 519 g/mol. The van der Waals surface area contributed by atoms with Gasteiger partial charge >= 0.3 is 0 Å². The molecule has 6 nitrogen and oxygen atoms in total. The van der Waals surface area contributed by atoms with E-state index in [1.807, 2.05) is 46.9 Å². The van der Waals surface area contributed by atoms with Crippen molar-refractivity contribution in [3.8, 4) is 21.7 Å². The Morgan fingerprint density at radius 1 is 1.20 bits per heavy atom. The van der Waals surface area contributed by atoms with Crippen molar-refractivity contribution in [3.63, 3.8) is 0 Å². The normalized spacial score (nSPS) is 21.6. The highest BCUT2D eigenvalue weighted by Gasteiger charge is 2.50. The standard InChI is InChI=1S/C22H23IO6S/c1-21(2,3)30(25,26)20-18(14-24)19(27-4)22(28-5,15-29-20)12-10-16-8-6-7-9-17(16)11-13-23/h6-9,14,19H,15H2,1-5H3/t19-,22+/m1/s1. The van der Waals surface area contributed by atoms with E-state index in [1.54, 1.807) is 0 Å². The molecule has 1 heterocycles. The van der Waals surface area contributed by atoms with Crippen LogP contribution in [0.4, 0.5) is 0 Å². The molecule has 30 heavy (non-hydrogen) atoms. The fourth-order valence-corrected chi connectivity index (χ4v) is 4.40. The molecule has 160 valence electrons. The molecule has 0 aromatic heterocycles. The van der Waals surface area contributed by atoms with E-state index >= 15 is 0 Å². The molecule has 1 aromatic carbocycles. The van der Waals surface area contributed by atoms with E-state index in [0.717, 1.165) is 5.56 Å². The highest BCUT2D eigenvalue weighted by molar-refractivity contribution is 14.1. The zero-order chi connectivity index (χ0) is 22.6. The second-order valence-electron chi connectivity index (χ2n) is 7.49. The fraction of sp³-hybridized carbons (Fsp3) is 0.409. The average molecular weight is 542 g/mol. The fourth-order valence-electron chi connectivity index (χ4n) is 2.87. The zero-order valence-electron chi connectivity index (χ0n) is 17.4. The van der Waals surface area contributed by atoms with Crippen molar-refractivity contribution >= 4 is 38.7 Å². The molecule has 1 aromatic rings. The quantitative estimate of drug-likeness (QED) is 0.331. The first kappa shape index (κ1) is 24.4. The first-order valence-electron chi connectivity index (χ1n) is 8.96. The second-order valence-corrected chi connectivity index (χ2v) is 10.6. The number of hydrogen-bond acceptors (Lipinski definition) is 6. The van der Waals surface area contributed by atoms with Crippen molar-refractivity contribution in [3.05, 3.63) is 46.1 Å². The van der Waals surface area contributed by atoms with Crippen LogP contribution in [-0.4, -0.2) is 52.0 Å². The van der Waals surface area contributed by atoms with Crippen LogP contribution in [0.15, 0.2) is 34.9 Å². The molecule has 8 heteroatoms. The molecule has 0 aliphatic carbocycles. The Bertz CT molecular complexity index is 1080. The van der Waals surface area contributed by atoms with Gasteiger partial charge in [0.1, 0.15) is 12.7 Å². The van der Waals surface area contributed by atoms with Crippen LogP contribution >= 0.6 is 22.6 Å². The number of hydrogen-bond donors (Lipinski definition) is 0. The molecule has 2 rings (SSSR count). The number of ether oxygens (including phenoxy) is 3. The number of methoxy groups -OCH3 is 2. The van der Waals surface area contributed by atoms with Crippen molar-refractivity contribution in [1.29, 1.82) is 0 Å². The Morgan fingerprint density at radius 3 is 2.27 bits per heavy atom. The number of aldehydes is 1. The van der Waals surface area contributed by atoms with Crippen LogP contribution in [-0.2, 0) is 28.8 Å². The molecular formula is C22H23IO6S. The predicted octanol–water partition coefficient (Wildman–Crippen LogP) is 2.84. The molecule has 0 saturated heterocycles. The van der Waals surface area contributed by atoms with Gasteiger partial charge in [-0.3, -0.25) is 4.79 Å². The van der Waals surface area contributed by atoms with Gasteiger partial charge in [-0.15, -0.1) is 0 Å². The van der Waals surface area contributed by atoms with E-state index < -0.39 is 31.4 Å². The smallest absolute Gasteiger partial charge is 0.221 e. The minimum Gasteiger partial charge on any atom is -0.478 e. The third-order valence-corrected chi connectivity index (χ3v) is 7.38. The van der Waals surface area contributed by atoms with Gasteiger partial charge in [0.05, 0.1) is 10.3 Å². The lowest BCUT2D eigenvalue weighted by Crippen LogP contribution is -2.53. The average Bonchev–Trinajstić information content (AvgIpc) is 2.71. The third kappa shape index (κ3) is 4.57. The van der Waals surface area contributed by atoms with Gasteiger partial charge in [-0.2, -0.15) is 0 Å². The molecule has 0 spiro atoms. The second kappa shape index (κ2) is 9.52. The summed E-state index contributed by atoms with van der Waals surface area (Å²) in [6.07, 6.45) is -0.632. The maximum atomic E-state index is 12.9.